The van der Waals surface area contributed by atoms with E-state index in [-0.39, 0.29) is 6.79 Å². The van der Waals surface area contributed by atoms with E-state index in [1.807, 2.05) is 12.1 Å². The molecule has 0 saturated heterocycles. The third kappa shape index (κ3) is 2.18. The van der Waals surface area contributed by atoms with E-state index >= 15 is 0 Å². The second-order valence-corrected chi connectivity index (χ2v) is 5.49. The lowest BCUT2D eigenvalue weighted by atomic mass is 10.2. The summed E-state index contributed by atoms with van der Waals surface area (Å²) in [6.45, 7) is 4.44. The smallest absolute Gasteiger partial charge is 0.231 e. The molecule has 0 radical (unpaired) electrons. The zero-order valence-electron chi connectivity index (χ0n) is 10.4. The first-order valence-electron chi connectivity index (χ1n) is 5.87. The van der Waals surface area contributed by atoms with Gasteiger partial charge in [0.2, 0.25) is 6.79 Å². The Morgan fingerprint density at radius 1 is 0.833 bits per heavy atom. The quantitative estimate of drug-likeness (QED) is 0.706. The number of fused-ring (bicyclic) bond motifs is 2. The zero-order valence-corrected chi connectivity index (χ0v) is 11.2. The minimum atomic E-state index is 0.257. The molecular weight excluding hydrogens is 244 g/mol. The van der Waals surface area contributed by atoms with Gasteiger partial charge in [-0.05, 0) is 49.2 Å². The number of ether oxygens (including phenoxy) is 2. The molecule has 0 aromatic heterocycles. The second-order valence-electron chi connectivity index (χ2n) is 4.41. The summed E-state index contributed by atoms with van der Waals surface area (Å²) in [6.07, 6.45) is 0. The van der Waals surface area contributed by atoms with Gasteiger partial charge in [-0.25, -0.2) is 0 Å². The van der Waals surface area contributed by atoms with Crippen molar-refractivity contribution in [3.63, 3.8) is 0 Å². The van der Waals surface area contributed by atoms with Crippen LogP contribution < -0.4 is 9.47 Å². The normalized spacial score (nSPS) is 13.4. The standard InChI is InChI=1S/C15H14O2S/c1-10-3-5-12-14(7-10)18-15-8-11(2)4-6-13(15)17-9-16-12/h3-8H,9H2,1-2H3. The van der Waals surface area contributed by atoms with E-state index in [9.17, 15) is 0 Å². The van der Waals surface area contributed by atoms with Gasteiger partial charge in [-0.15, -0.1) is 0 Å². The van der Waals surface area contributed by atoms with E-state index in [2.05, 4.69) is 38.1 Å². The first-order valence-corrected chi connectivity index (χ1v) is 6.69. The molecule has 18 heavy (non-hydrogen) atoms. The Kier molecular flexibility index (Phi) is 2.92. The minimum Gasteiger partial charge on any atom is -0.456 e. The van der Waals surface area contributed by atoms with Crippen molar-refractivity contribution in [3.8, 4) is 11.5 Å². The largest absolute Gasteiger partial charge is 0.456 e. The molecule has 1 heterocycles. The maximum atomic E-state index is 5.63. The Morgan fingerprint density at radius 3 is 1.83 bits per heavy atom. The van der Waals surface area contributed by atoms with Crippen LogP contribution in [0.3, 0.4) is 0 Å². The van der Waals surface area contributed by atoms with Crippen LogP contribution in [0.4, 0.5) is 0 Å². The van der Waals surface area contributed by atoms with E-state index in [1.165, 1.54) is 11.1 Å². The first kappa shape index (κ1) is 11.5. The van der Waals surface area contributed by atoms with E-state index in [0.29, 0.717) is 0 Å². The van der Waals surface area contributed by atoms with Gasteiger partial charge in [0.25, 0.3) is 0 Å². The molecule has 0 amide bonds. The van der Waals surface area contributed by atoms with Crippen molar-refractivity contribution in [2.75, 3.05) is 6.79 Å². The molecule has 3 rings (SSSR count). The van der Waals surface area contributed by atoms with Crippen LogP contribution in [0.5, 0.6) is 11.5 Å². The maximum Gasteiger partial charge on any atom is 0.231 e. The molecule has 1 aliphatic heterocycles. The summed E-state index contributed by atoms with van der Waals surface area (Å²) in [6, 6.07) is 12.4. The lowest BCUT2D eigenvalue weighted by Gasteiger charge is -2.19. The summed E-state index contributed by atoms with van der Waals surface area (Å²) in [5.74, 6) is 1.77. The van der Waals surface area contributed by atoms with E-state index in [0.717, 1.165) is 21.3 Å². The van der Waals surface area contributed by atoms with Crippen molar-refractivity contribution in [1.82, 2.24) is 0 Å². The molecule has 2 nitrogen and oxygen atoms in total. The van der Waals surface area contributed by atoms with Crippen molar-refractivity contribution in [3.05, 3.63) is 47.5 Å². The van der Waals surface area contributed by atoms with Crippen LogP contribution in [-0.4, -0.2) is 6.79 Å². The zero-order chi connectivity index (χ0) is 12.5. The molecular formula is C15H14O2S. The summed E-state index contributed by atoms with van der Waals surface area (Å²) >= 11 is 1.69. The molecule has 2 aromatic carbocycles. The van der Waals surface area contributed by atoms with Crippen LogP contribution in [0.25, 0.3) is 0 Å². The van der Waals surface area contributed by atoms with Crippen LogP contribution >= 0.6 is 11.8 Å². The van der Waals surface area contributed by atoms with Gasteiger partial charge in [0.15, 0.2) is 0 Å². The SMILES string of the molecule is Cc1ccc2c(c1)Sc1cc(C)ccc1OCO2. The summed E-state index contributed by atoms with van der Waals surface area (Å²) < 4.78 is 11.3. The van der Waals surface area contributed by atoms with Crippen molar-refractivity contribution in [2.24, 2.45) is 0 Å². The van der Waals surface area contributed by atoms with Gasteiger partial charge < -0.3 is 9.47 Å². The molecule has 1 aliphatic rings. The molecule has 0 N–H and O–H groups in total. The monoisotopic (exact) mass is 258 g/mol. The maximum absolute atomic E-state index is 5.63. The summed E-state index contributed by atoms with van der Waals surface area (Å²) in [5.41, 5.74) is 2.47. The van der Waals surface area contributed by atoms with Gasteiger partial charge in [-0.3, -0.25) is 0 Å². The van der Waals surface area contributed by atoms with E-state index < -0.39 is 0 Å². The summed E-state index contributed by atoms with van der Waals surface area (Å²) in [4.78, 5) is 2.29. The van der Waals surface area contributed by atoms with Gasteiger partial charge in [0.1, 0.15) is 11.5 Å². The van der Waals surface area contributed by atoms with Crippen LogP contribution in [0.1, 0.15) is 11.1 Å². The predicted octanol–water partition coefficient (Wildman–Crippen LogP) is 4.18. The van der Waals surface area contributed by atoms with Crippen molar-refractivity contribution >= 4 is 11.8 Å². The fourth-order valence-corrected chi connectivity index (χ4v) is 3.09. The lowest BCUT2D eigenvalue weighted by molar-refractivity contribution is 0.113. The van der Waals surface area contributed by atoms with Crippen molar-refractivity contribution < 1.29 is 9.47 Å². The highest BCUT2D eigenvalue weighted by Gasteiger charge is 2.14. The van der Waals surface area contributed by atoms with Crippen LogP contribution in [0.15, 0.2) is 46.2 Å². The second kappa shape index (κ2) is 4.58. The van der Waals surface area contributed by atoms with Gasteiger partial charge in [0.05, 0.1) is 9.79 Å². The molecule has 0 spiro atoms. The topological polar surface area (TPSA) is 18.5 Å². The summed E-state index contributed by atoms with van der Waals surface area (Å²) in [5, 5.41) is 0. The third-order valence-electron chi connectivity index (χ3n) is 2.85. The average molecular weight is 258 g/mol. The third-order valence-corrected chi connectivity index (χ3v) is 3.93. The molecule has 0 unspecified atom stereocenters. The Bertz CT molecular complexity index is 542. The minimum absolute atomic E-state index is 0.257. The molecule has 0 saturated carbocycles. The first-order chi connectivity index (χ1) is 8.72. The van der Waals surface area contributed by atoms with E-state index in [4.69, 9.17) is 9.47 Å². The number of aryl methyl sites for hydroxylation is 2. The number of hydrogen-bond acceptors (Lipinski definition) is 3. The number of rotatable bonds is 0. The summed E-state index contributed by atoms with van der Waals surface area (Å²) in [7, 11) is 0. The molecule has 0 bridgehead atoms. The highest BCUT2D eigenvalue weighted by molar-refractivity contribution is 7.99. The molecule has 2 aromatic rings. The highest BCUT2D eigenvalue weighted by Crippen LogP contribution is 2.41. The Morgan fingerprint density at radius 2 is 1.33 bits per heavy atom. The lowest BCUT2D eigenvalue weighted by Crippen LogP contribution is -2.08. The van der Waals surface area contributed by atoms with E-state index in [1.54, 1.807) is 11.8 Å². The average Bonchev–Trinajstić information content (AvgIpc) is 2.32. The van der Waals surface area contributed by atoms with Crippen molar-refractivity contribution in [1.29, 1.82) is 0 Å². The molecule has 0 aliphatic carbocycles. The Balaban J connectivity index is 2.08. The molecule has 0 atom stereocenters. The number of hydrogen-bond donors (Lipinski definition) is 0. The predicted molar refractivity (Wildman–Crippen MR) is 72.6 cm³/mol. The van der Waals surface area contributed by atoms with Crippen LogP contribution in [0, 0.1) is 13.8 Å². The van der Waals surface area contributed by atoms with Gasteiger partial charge >= 0.3 is 0 Å². The molecule has 3 heteroatoms. The molecule has 0 fully saturated rings. The number of benzene rings is 2. The molecule has 92 valence electrons. The Labute approximate surface area is 111 Å². The van der Waals surface area contributed by atoms with Gasteiger partial charge in [-0.2, -0.15) is 0 Å². The highest BCUT2D eigenvalue weighted by atomic mass is 32.2. The van der Waals surface area contributed by atoms with Gasteiger partial charge in [0, 0.05) is 0 Å². The van der Waals surface area contributed by atoms with Crippen LogP contribution in [0.2, 0.25) is 0 Å². The van der Waals surface area contributed by atoms with Crippen molar-refractivity contribution in [2.45, 2.75) is 23.6 Å². The fourth-order valence-electron chi connectivity index (χ4n) is 1.90. The Hall–Kier alpha value is -1.61. The fraction of sp³-hybridized carbons (Fsp3) is 0.200. The van der Waals surface area contributed by atoms with Gasteiger partial charge in [-0.1, -0.05) is 23.9 Å². The van der Waals surface area contributed by atoms with Crippen LogP contribution in [-0.2, 0) is 0 Å².